The molecule has 0 aliphatic heterocycles. The number of nitrogens with zero attached hydrogens (tertiary/aromatic N) is 3. The fourth-order valence-electron chi connectivity index (χ4n) is 2.78. The number of hydrazone groups is 1. The molecular weight excluding hydrogens is 420 g/mol. The number of methoxy groups -OCH3 is 1. The van der Waals surface area contributed by atoms with E-state index in [9.17, 15) is 25.0 Å². The van der Waals surface area contributed by atoms with Crippen molar-refractivity contribution in [2.24, 2.45) is 5.10 Å². The van der Waals surface area contributed by atoms with E-state index >= 15 is 0 Å². The maximum absolute atomic E-state index is 12.1. The van der Waals surface area contributed by atoms with E-state index < -0.39 is 15.8 Å². The summed E-state index contributed by atoms with van der Waals surface area (Å²) in [5, 5.41) is 26.0. The molecule has 2 rings (SSSR count). The Morgan fingerprint density at radius 2 is 1.81 bits per heavy atom. The zero-order valence-electron chi connectivity index (χ0n) is 17.8. The number of benzene rings is 2. The van der Waals surface area contributed by atoms with Crippen molar-refractivity contribution in [2.75, 3.05) is 13.7 Å². The molecular formula is C21H24N4O7. The van der Waals surface area contributed by atoms with Crippen LogP contribution in [-0.4, -0.2) is 35.7 Å². The first kappa shape index (κ1) is 24.3. The number of ether oxygens (including phenoxy) is 2. The molecule has 1 N–H and O–H groups in total. The number of rotatable bonds is 12. The molecule has 11 nitrogen and oxygen atoms in total. The van der Waals surface area contributed by atoms with Gasteiger partial charge in [-0.3, -0.25) is 25.0 Å². The minimum Gasteiger partial charge on any atom is -0.493 e. The highest BCUT2D eigenvalue weighted by Crippen LogP contribution is 2.38. The normalized spacial score (nSPS) is 10.7. The number of unbranched alkanes of at least 4 members (excludes halogenated alkanes) is 3. The number of hydrogen-bond donors (Lipinski definition) is 1. The molecule has 0 aliphatic carbocycles. The maximum atomic E-state index is 12.1. The lowest BCUT2D eigenvalue weighted by Crippen LogP contribution is -2.17. The summed E-state index contributed by atoms with van der Waals surface area (Å²) in [6.07, 6.45) is 5.09. The molecule has 2 aromatic rings. The van der Waals surface area contributed by atoms with Crippen LogP contribution in [0.2, 0.25) is 0 Å². The van der Waals surface area contributed by atoms with Gasteiger partial charge in [-0.05, 0) is 24.6 Å². The predicted octanol–water partition coefficient (Wildman–Crippen LogP) is 4.23. The number of carbonyl (C=O) groups is 1. The van der Waals surface area contributed by atoms with E-state index in [1.54, 1.807) is 0 Å². The van der Waals surface area contributed by atoms with Crippen molar-refractivity contribution in [1.82, 2.24) is 5.43 Å². The van der Waals surface area contributed by atoms with Crippen LogP contribution >= 0.6 is 0 Å². The van der Waals surface area contributed by atoms with Gasteiger partial charge in [0.2, 0.25) is 5.75 Å². The second-order valence-corrected chi connectivity index (χ2v) is 6.74. The maximum Gasteiger partial charge on any atom is 0.315 e. The van der Waals surface area contributed by atoms with Gasteiger partial charge in [0.25, 0.3) is 11.6 Å². The van der Waals surface area contributed by atoms with E-state index in [1.165, 1.54) is 49.7 Å². The molecule has 170 valence electrons. The molecule has 0 aliphatic rings. The Hall–Kier alpha value is -4.02. The van der Waals surface area contributed by atoms with Crippen LogP contribution in [0.3, 0.4) is 0 Å². The lowest BCUT2D eigenvalue weighted by atomic mass is 10.1. The van der Waals surface area contributed by atoms with Crippen LogP contribution < -0.4 is 14.9 Å². The number of carbonyl (C=O) groups excluding carboxylic acids is 1. The zero-order chi connectivity index (χ0) is 23.5. The molecule has 0 heterocycles. The molecule has 0 spiro atoms. The van der Waals surface area contributed by atoms with Crippen LogP contribution in [0.15, 0.2) is 41.5 Å². The van der Waals surface area contributed by atoms with Crippen LogP contribution in [-0.2, 0) is 0 Å². The van der Waals surface area contributed by atoms with E-state index in [-0.39, 0.29) is 28.4 Å². The molecule has 0 unspecified atom stereocenters. The Balaban J connectivity index is 2.12. The average Bonchev–Trinajstić information content (AvgIpc) is 2.78. The average molecular weight is 444 g/mol. The molecule has 0 bridgehead atoms. The van der Waals surface area contributed by atoms with Crippen molar-refractivity contribution in [2.45, 2.75) is 32.6 Å². The van der Waals surface area contributed by atoms with Crippen molar-refractivity contribution in [3.8, 4) is 11.5 Å². The Bertz CT molecular complexity index is 990. The molecule has 0 fully saturated rings. The first-order valence-electron chi connectivity index (χ1n) is 9.94. The first-order chi connectivity index (χ1) is 15.4. The number of amides is 1. The minimum absolute atomic E-state index is 0.0427. The topological polar surface area (TPSA) is 146 Å². The van der Waals surface area contributed by atoms with Gasteiger partial charge in [0.15, 0.2) is 5.75 Å². The smallest absolute Gasteiger partial charge is 0.315 e. The number of nitro groups is 2. The summed E-state index contributed by atoms with van der Waals surface area (Å²) in [6, 6.07) is 7.77. The van der Waals surface area contributed by atoms with Crippen molar-refractivity contribution >= 4 is 23.5 Å². The summed E-state index contributed by atoms with van der Waals surface area (Å²) in [6.45, 7) is 2.42. The highest BCUT2D eigenvalue weighted by atomic mass is 16.6. The summed E-state index contributed by atoms with van der Waals surface area (Å²) in [7, 11) is 1.38. The third kappa shape index (κ3) is 6.76. The van der Waals surface area contributed by atoms with E-state index in [4.69, 9.17) is 9.47 Å². The third-order valence-corrected chi connectivity index (χ3v) is 4.44. The second kappa shape index (κ2) is 12.0. The van der Waals surface area contributed by atoms with E-state index in [1.807, 2.05) is 0 Å². The second-order valence-electron chi connectivity index (χ2n) is 6.74. The largest absolute Gasteiger partial charge is 0.493 e. The van der Waals surface area contributed by atoms with Gasteiger partial charge < -0.3 is 9.47 Å². The van der Waals surface area contributed by atoms with Crippen LogP contribution in [0.4, 0.5) is 11.4 Å². The van der Waals surface area contributed by atoms with Crippen LogP contribution in [0.5, 0.6) is 11.5 Å². The Morgan fingerprint density at radius 1 is 1.09 bits per heavy atom. The van der Waals surface area contributed by atoms with E-state index in [2.05, 4.69) is 17.5 Å². The first-order valence-corrected chi connectivity index (χ1v) is 9.94. The Morgan fingerprint density at radius 3 is 2.41 bits per heavy atom. The summed E-state index contributed by atoms with van der Waals surface area (Å²) in [5.74, 6) is -0.372. The molecule has 0 atom stereocenters. The standard InChI is InChI=1S/C21H24N4O7/c1-3-4-5-6-11-32-20-18(25(29)30)12-15(13-19(20)31-2)14-22-23-21(26)16-7-9-17(10-8-16)24(27)28/h7-10,12-14H,3-6,11H2,1-2H3,(H,23,26)/b22-14+. The molecule has 0 saturated heterocycles. The molecule has 0 saturated carbocycles. The fourth-order valence-corrected chi connectivity index (χ4v) is 2.78. The van der Waals surface area contributed by atoms with Crippen molar-refractivity contribution < 1.29 is 24.1 Å². The molecule has 0 radical (unpaired) electrons. The monoisotopic (exact) mass is 444 g/mol. The minimum atomic E-state index is -0.593. The van der Waals surface area contributed by atoms with Crippen LogP contribution in [0.1, 0.15) is 48.5 Å². The van der Waals surface area contributed by atoms with E-state index in [0.29, 0.717) is 12.2 Å². The zero-order valence-corrected chi connectivity index (χ0v) is 17.8. The van der Waals surface area contributed by atoms with Gasteiger partial charge in [0, 0.05) is 29.3 Å². The number of hydrogen-bond acceptors (Lipinski definition) is 8. The molecule has 0 aromatic heterocycles. The van der Waals surface area contributed by atoms with Gasteiger partial charge >= 0.3 is 5.69 Å². The molecule has 1 amide bonds. The quantitative estimate of drug-likeness (QED) is 0.223. The van der Waals surface area contributed by atoms with Gasteiger partial charge in [0.05, 0.1) is 29.8 Å². The predicted molar refractivity (Wildman–Crippen MR) is 117 cm³/mol. The lowest BCUT2D eigenvalue weighted by Gasteiger charge is -2.12. The van der Waals surface area contributed by atoms with Gasteiger partial charge in [-0.1, -0.05) is 26.2 Å². The SMILES string of the molecule is CCCCCCOc1c(OC)cc(/C=N/NC(=O)c2ccc([N+](=O)[O-])cc2)cc1[N+](=O)[O-]. The lowest BCUT2D eigenvalue weighted by molar-refractivity contribution is -0.386. The highest BCUT2D eigenvalue weighted by molar-refractivity contribution is 5.95. The third-order valence-electron chi connectivity index (χ3n) is 4.44. The summed E-state index contributed by atoms with van der Waals surface area (Å²) >= 11 is 0. The molecule has 32 heavy (non-hydrogen) atoms. The highest BCUT2D eigenvalue weighted by Gasteiger charge is 2.22. The van der Waals surface area contributed by atoms with Crippen molar-refractivity contribution in [3.63, 3.8) is 0 Å². The van der Waals surface area contributed by atoms with Crippen LogP contribution in [0, 0.1) is 20.2 Å². The van der Waals surface area contributed by atoms with Gasteiger partial charge in [-0.25, -0.2) is 5.43 Å². The Labute approximate surface area is 184 Å². The summed E-state index contributed by atoms with van der Waals surface area (Å²) in [4.78, 5) is 33.2. The Kier molecular flexibility index (Phi) is 9.08. The van der Waals surface area contributed by atoms with Crippen molar-refractivity contribution in [3.05, 3.63) is 67.8 Å². The van der Waals surface area contributed by atoms with Gasteiger partial charge in [-0.15, -0.1) is 0 Å². The van der Waals surface area contributed by atoms with Crippen LogP contribution in [0.25, 0.3) is 0 Å². The van der Waals surface area contributed by atoms with Gasteiger partial charge in [-0.2, -0.15) is 5.10 Å². The number of nitro benzene ring substituents is 2. The summed E-state index contributed by atoms with van der Waals surface area (Å²) in [5.41, 5.74) is 2.34. The van der Waals surface area contributed by atoms with Crippen molar-refractivity contribution in [1.29, 1.82) is 0 Å². The number of nitrogens with one attached hydrogen (secondary N) is 1. The molecule has 2 aromatic carbocycles. The summed E-state index contributed by atoms with van der Waals surface area (Å²) < 4.78 is 10.9. The van der Waals surface area contributed by atoms with E-state index in [0.717, 1.165) is 25.7 Å². The van der Waals surface area contributed by atoms with Gasteiger partial charge in [0.1, 0.15) is 0 Å². The number of non-ortho nitro benzene ring substituents is 1. The fraction of sp³-hybridized carbons (Fsp3) is 0.333. The molecule has 11 heteroatoms.